The Morgan fingerprint density at radius 1 is 1.33 bits per heavy atom. The monoisotopic (exact) mass is 288 g/mol. The Balaban J connectivity index is 1.92. The third kappa shape index (κ3) is 2.42. The average Bonchev–Trinajstić information content (AvgIpc) is 2.93. The van der Waals surface area contributed by atoms with Crippen molar-refractivity contribution in [3.63, 3.8) is 0 Å². The van der Waals surface area contributed by atoms with E-state index in [2.05, 4.69) is 5.32 Å². The van der Waals surface area contributed by atoms with E-state index in [1.807, 2.05) is 31.2 Å². The molecule has 0 saturated carbocycles. The molecule has 1 aromatic carbocycles. The molecule has 2 aliphatic heterocycles. The molecule has 2 N–H and O–H groups in total. The van der Waals surface area contributed by atoms with Gasteiger partial charge in [-0.25, -0.2) is 4.79 Å². The van der Waals surface area contributed by atoms with Crippen molar-refractivity contribution in [3.8, 4) is 0 Å². The number of rotatable bonds is 2. The van der Waals surface area contributed by atoms with Crippen molar-refractivity contribution in [2.75, 3.05) is 6.54 Å². The van der Waals surface area contributed by atoms with Crippen molar-refractivity contribution in [3.05, 3.63) is 35.4 Å². The molecular weight excluding hydrogens is 268 g/mol. The first-order chi connectivity index (χ1) is 10.0. The lowest BCUT2D eigenvalue weighted by atomic mass is 9.90. The van der Waals surface area contributed by atoms with Gasteiger partial charge in [-0.05, 0) is 37.4 Å². The topological polar surface area (TPSA) is 69.6 Å². The zero-order valence-electron chi connectivity index (χ0n) is 12.1. The number of nitrogens with one attached hydrogen (secondary N) is 1. The Morgan fingerprint density at radius 2 is 2.05 bits per heavy atom. The van der Waals surface area contributed by atoms with E-state index in [1.54, 1.807) is 0 Å². The predicted molar refractivity (Wildman–Crippen MR) is 77.8 cm³/mol. The molecule has 0 aliphatic carbocycles. The van der Waals surface area contributed by atoms with Gasteiger partial charge in [0.2, 0.25) is 5.91 Å². The van der Waals surface area contributed by atoms with Crippen LogP contribution in [0.2, 0.25) is 0 Å². The minimum Gasteiger partial charge on any atom is -0.480 e. The molecule has 0 aromatic heterocycles. The summed E-state index contributed by atoms with van der Waals surface area (Å²) in [5.74, 6) is -1.03. The van der Waals surface area contributed by atoms with E-state index in [9.17, 15) is 14.7 Å². The highest BCUT2D eigenvalue weighted by molar-refractivity contribution is 5.90. The molecule has 2 atom stereocenters. The van der Waals surface area contributed by atoms with Crippen LogP contribution in [0, 0.1) is 0 Å². The largest absolute Gasteiger partial charge is 0.480 e. The SMILES string of the molecule is CC1(C(=O)N2Cc3ccccc3C[C@@H]2C(=O)O)CCCN1. The van der Waals surface area contributed by atoms with E-state index in [4.69, 9.17) is 0 Å². The van der Waals surface area contributed by atoms with E-state index in [1.165, 1.54) is 4.90 Å². The summed E-state index contributed by atoms with van der Waals surface area (Å²) in [6.07, 6.45) is 2.09. The average molecular weight is 288 g/mol. The Labute approximate surface area is 123 Å². The van der Waals surface area contributed by atoms with Crippen molar-refractivity contribution >= 4 is 11.9 Å². The van der Waals surface area contributed by atoms with Crippen molar-refractivity contribution in [1.82, 2.24) is 10.2 Å². The second kappa shape index (κ2) is 5.15. The number of carboxylic acids is 1. The van der Waals surface area contributed by atoms with E-state index < -0.39 is 17.6 Å². The second-order valence-electron chi connectivity index (χ2n) is 6.12. The fraction of sp³-hybridized carbons (Fsp3) is 0.500. The van der Waals surface area contributed by atoms with Gasteiger partial charge in [0.25, 0.3) is 0 Å². The van der Waals surface area contributed by atoms with E-state index in [0.29, 0.717) is 13.0 Å². The first-order valence-corrected chi connectivity index (χ1v) is 7.37. The summed E-state index contributed by atoms with van der Waals surface area (Å²) in [6.45, 7) is 3.06. The maximum atomic E-state index is 12.8. The molecule has 0 spiro atoms. The van der Waals surface area contributed by atoms with Crippen LogP contribution in [0.1, 0.15) is 30.9 Å². The van der Waals surface area contributed by atoms with Crippen LogP contribution in [0.25, 0.3) is 0 Å². The Bertz CT molecular complexity index is 579. The number of carbonyl (C=O) groups excluding carboxylic acids is 1. The highest BCUT2D eigenvalue weighted by atomic mass is 16.4. The van der Waals surface area contributed by atoms with Crippen LogP contribution in [0.4, 0.5) is 0 Å². The minimum absolute atomic E-state index is 0.0955. The molecule has 2 heterocycles. The maximum Gasteiger partial charge on any atom is 0.326 e. The molecule has 21 heavy (non-hydrogen) atoms. The van der Waals surface area contributed by atoms with Gasteiger partial charge < -0.3 is 15.3 Å². The Kier molecular flexibility index (Phi) is 3.45. The van der Waals surface area contributed by atoms with Gasteiger partial charge >= 0.3 is 5.97 Å². The van der Waals surface area contributed by atoms with Gasteiger partial charge in [-0.2, -0.15) is 0 Å². The van der Waals surface area contributed by atoms with Crippen LogP contribution in [0.3, 0.4) is 0 Å². The molecule has 1 fully saturated rings. The summed E-state index contributed by atoms with van der Waals surface area (Å²) in [6, 6.07) is 6.99. The molecule has 5 nitrogen and oxygen atoms in total. The Morgan fingerprint density at radius 3 is 2.67 bits per heavy atom. The molecule has 3 rings (SSSR count). The first-order valence-electron chi connectivity index (χ1n) is 7.37. The molecule has 5 heteroatoms. The van der Waals surface area contributed by atoms with Crippen LogP contribution in [0.15, 0.2) is 24.3 Å². The molecule has 0 radical (unpaired) electrons. The van der Waals surface area contributed by atoms with Crippen LogP contribution in [-0.4, -0.2) is 40.0 Å². The number of fused-ring (bicyclic) bond motifs is 1. The summed E-state index contributed by atoms with van der Waals surface area (Å²) in [5, 5.41) is 12.7. The summed E-state index contributed by atoms with van der Waals surface area (Å²) in [4.78, 5) is 26.0. The first kappa shape index (κ1) is 14.1. The van der Waals surface area contributed by atoms with Gasteiger partial charge in [0.15, 0.2) is 0 Å². The summed E-state index contributed by atoms with van der Waals surface area (Å²) < 4.78 is 0. The van der Waals surface area contributed by atoms with Crippen molar-refractivity contribution in [2.24, 2.45) is 0 Å². The standard InChI is InChI=1S/C16H20N2O3/c1-16(7-4-8-17-16)15(21)18-10-12-6-3-2-5-11(12)9-13(18)14(19)20/h2-3,5-6,13,17H,4,7-10H2,1H3,(H,19,20)/t13-,16?/m1/s1. The third-order valence-electron chi connectivity index (χ3n) is 4.64. The molecular formula is C16H20N2O3. The molecule has 1 aromatic rings. The fourth-order valence-electron chi connectivity index (χ4n) is 3.35. The summed E-state index contributed by atoms with van der Waals surface area (Å²) in [5.41, 5.74) is 1.45. The molecule has 0 bridgehead atoms. The highest BCUT2D eigenvalue weighted by Crippen LogP contribution is 2.29. The predicted octanol–water partition coefficient (Wildman–Crippen LogP) is 1.17. The molecule has 2 aliphatic rings. The zero-order valence-corrected chi connectivity index (χ0v) is 12.1. The number of amides is 1. The van der Waals surface area contributed by atoms with Crippen molar-refractivity contribution in [1.29, 1.82) is 0 Å². The van der Waals surface area contributed by atoms with Gasteiger partial charge in [0, 0.05) is 13.0 Å². The van der Waals surface area contributed by atoms with Crippen LogP contribution in [-0.2, 0) is 22.6 Å². The maximum absolute atomic E-state index is 12.8. The summed E-state index contributed by atoms with van der Waals surface area (Å²) in [7, 11) is 0. The molecule has 112 valence electrons. The fourth-order valence-corrected chi connectivity index (χ4v) is 3.35. The quantitative estimate of drug-likeness (QED) is 0.857. The van der Waals surface area contributed by atoms with Gasteiger partial charge in [0.1, 0.15) is 6.04 Å². The number of benzene rings is 1. The van der Waals surface area contributed by atoms with E-state index in [0.717, 1.165) is 30.5 Å². The van der Waals surface area contributed by atoms with Gasteiger partial charge in [-0.15, -0.1) is 0 Å². The van der Waals surface area contributed by atoms with Crippen molar-refractivity contribution < 1.29 is 14.7 Å². The zero-order chi connectivity index (χ0) is 15.0. The number of hydrogen-bond acceptors (Lipinski definition) is 3. The van der Waals surface area contributed by atoms with Crippen LogP contribution in [0.5, 0.6) is 0 Å². The number of aliphatic carboxylic acids is 1. The van der Waals surface area contributed by atoms with E-state index >= 15 is 0 Å². The second-order valence-corrected chi connectivity index (χ2v) is 6.12. The van der Waals surface area contributed by atoms with Gasteiger partial charge in [-0.1, -0.05) is 24.3 Å². The smallest absolute Gasteiger partial charge is 0.326 e. The molecule has 1 saturated heterocycles. The van der Waals surface area contributed by atoms with Gasteiger partial charge in [-0.3, -0.25) is 4.79 Å². The highest BCUT2D eigenvalue weighted by Gasteiger charge is 2.44. The lowest BCUT2D eigenvalue weighted by Gasteiger charge is -2.39. The number of nitrogens with zero attached hydrogens (tertiary/aromatic N) is 1. The van der Waals surface area contributed by atoms with Crippen molar-refractivity contribution in [2.45, 2.75) is 44.3 Å². The van der Waals surface area contributed by atoms with E-state index in [-0.39, 0.29) is 5.91 Å². The lowest BCUT2D eigenvalue weighted by molar-refractivity contribution is -0.154. The molecule has 1 unspecified atom stereocenters. The van der Waals surface area contributed by atoms with Crippen LogP contribution >= 0.6 is 0 Å². The van der Waals surface area contributed by atoms with Gasteiger partial charge in [0.05, 0.1) is 5.54 Å². The molecule has 1 amide bonds. The normalized spacial score (nSPS) is 28.2. The summed E-state index contributed by atoms with van der Waals surface area (Å²) >= 11 is 0. The Hall–Kier alpha value is -1.88. The number of carbonyl (C=O) groups is 2. The lowest BCUT2D eigenvalue weighted by Crippen LogP contribution is -2.58. The minimum atomic E-state index is -0.931. The third-order valence-corrected chi connectivity index (χ3v) is 4.64. The number of carboxylic acid groups (broad SMARTS) is 1. The van der Waals surface area contributed by atoms with Crippen LogP contribution < -0.4 is 5.32 Å². The number of hydrogen-bond donors (Lipinski definition) is 2.